The molecule has 5 heteroatoms. The van der Waals surface area contributed by atoms with Gasteiger partial charge in [-0.05, 0) is 36.7 Å². The summed E-state index contributed by atoms with van der Waals surface area (Å²) in [5.41, 5.74) is 1.86. The van der Waals surface area contributed by atoms with Crippen LogP contribution < -0.4 is 5.32 Å². The zero-order valence-electron chi connectivity index (χ0n) is 11.0. The fourth-order valence-electron chi connectivity index (χ4n) is 2.05. The minimum atomic E-state index is -0.379. The van der Waals surface area contributed by atoms with Crippen molar-refractivity contribution >= 4 is 11.6 Å². The van der Waals surface area contributed by atoms with Gasteiger partial charge in [0.25, 0.3) is 0 Å². The topological polar surface area (TPSA) is 29.9 Å². The highest BCUT2D eigenvalue weighted by Gasteiger charge is 2.14. The van der Waals surface area contributed by atoms with Crippen LogP contribution in [0.3, 0.4) is 0 Å². The van der Waals surface area contributed by atoms with Crippen LogP contribution in [0.1, 0.15) is 24.2 Å². The number of benzene rings is 1. The van der Waals surface area contributed by atoms with E-state index in [1.165, 1.54) is 6.07 Å². The second-order valence-corrected chi connectivity index (χ2v) is 4.88. The Hall–Kier alpha value is -1.39. The molecule has 19 heavy (non-hydrogen) atoms. The second kappa shape index (κ2) is 6.17. The zero-order valence-corrected chi connectivity index (χ0v) is 11.8. The van der Waals surface area contributed by atoms with Crippen LogP contribution in [0.15, 0.2) is 30.5 Å². The van der Waals surface area contributed by atoms with Crippen molar-refractivity contribution in [1.82, 2.24) is 15.1 Å². The van der Waals surface area contributed by atoms with Crippen LogP contribution in [0.5, 0.6) is 0 Å². The summed E-state index contributed by atoms with van der Waals surface area (Å²) in [6.07, 6.45) is 2.58. The largest absolute Gasteiger partial charge is 0.309 e. The molecule has 0 spiro atoms. The number of aryl methyl sites for hydroxylation is 1. The third-order valence-electron chi connectivity index (χ3n) is 2.97. The molecule has 1 unspecified atom stereocenters. The lowest BCUT2D eigenvalue weighted by Crippen LogP contribution is -2.23. The molecule has 0 fully saturated rings. The Bertz CT molecular complexity index is 553. The molecule has 0 radical (unpaired) electrons. The molecule has 1 atom stereocenters. The molecule has 1 aromatic heterocycles. The van der Waals surface area contributed by atoms with Gasteiger partial charge in [-0.3, -0.25) is 4.68 Å². The number of halogens is 2. The van der Waals surface area contributed by atoms with Gasteiger partial charge in [0.05, 0.1) is 16.8 Å². The van der Waals surface area contributed by atoms with E-state index in [0.29, 0.717) is 6.42 Å². The van der Waals surface area contributed by atoms with Gasteiger partial charge < -0.3 is 5.32 Å². The third-order valence-corrected chi connectivity index (χ3v) is 3.27. The SMILES string of the molecule is CCNC(Cc1ccc(Cl)c(F)c1)c1ccn(C)n1. The van der Waals surface area contributed by atoms with E-state index in [9.17, 15) is 4.39 Å². The van der Waals surface area contributed by atoms with Crippen molar-refractivity contribution in [2.24, 2.45) is 7.05 Å². The highest BCUT2D eigenvalue weighted by atomic mass is 35.5. The molecule has 0 amide bonds. The number of nitrogens with one attached hydrogen (secondary N) is 1. The second-order valence-electron chi connectivity index (χ2n) is 4.48. The molecule has 0 aliphatic heterocycles. The van der Waals surface area contributed by atoms with E-state index in [1.807, 2.05) is 32.3 Å². The lowest BCUT2D eigenvalue weighted by atomic mass is 10.0. The summed E-state index contributed by atoms with van der Waals surface area (Å²) in [6.45, 7) is 2.87. The molecule has 0 saturated heterocycles. The van der Waals surface area contributed by atoms with Gasteiger partial charge in [-0.2, -0.15) is 5.10 Å². The van der Waals surface area contributed by atoms with Crippen LogP contribution in [0.4, 0.5) is 4.39 Å². The van der Waals surface area contributed by atoms with Crippen molar-refractivity contribution < 1.29 is 4.39 Å². The van der Waals surface area contributed by atoms with Crippen molar-refractivity contribution in [3.8, 4) is 0 Å². The summed E-state index contributed by atoms with van der Waals surface area (Å²) < 4.78 is 15.2. The van der Waals surface area contributed by atoms with Gasteiger partial charge in [0.15, 0.2) is 0 Å². The standard InChI is InChI=1S/C14H17ClFN3/c1-3-17-14(13-6-7-19(2)18-13)9-10-4-5-11(15)12(16)8-10/h4-8,14,17H,3,9H2,1-2H3. The van der Waals surface area contributed by atoms with Gasteiger partial charge in [0, 0.05) is 13.2 Å². The van der Waals surface area contributed by atoms with Crippen molar-refractivity contribution in [2.45, 2.75) is 19.4 Å². The maximum Gasteiger partial charge on any atom is 0.142 e. The first-order valence-corrected chi connectivity index (χ1v) is 6.64. The molecular formula is C14H17ClFN3. The van der Waals surface area contributed by atoms with Crippen LogP contribution >= 0.6 is 11.6 Å². The Morgan fingerprint density at radius 3 is 2.79 bits per heavy atom. The van der Waals surface area contributed by atoms with Crippen molar-refractivity contribution in [1.29, 1.82) is 0 Å². The van der Waals surface area contributed by atoms with Crippen molar-refractivity contribution in [3.05, 3.63) is 52.6 Å². The van der Waals surface area contributed by atoms with Gasteiger partial charge in [0.1, 0.15) is 5.82 Å². The first-order valence-electron chi connectivity index (χ1n) is 6.27. The molecule has 0 aliphatic carbocycles. The molecule has 1 N–H and O–H groups in total. The first-order chi connectivity index (χ1) is 9.10. The van der Waals surface area contributed by atoms with E-state index in [-0.39, 0.29) is 16.9 Å². The molecule has 2 aromatic rings. The fraction of sp³-hybridized carbons (Fsp3) is 0.357. The summed E-state index contributed by atoms with van der Waals surface area (Å²) in [6, 6.07) is 6.97. The average molecular weight is 282 g/mol. The molecule has 0 aliphatic rings. The van der Waals surface area contributed by atoms with Gasteiger partial charge in [-0.15, -0.1) is 0 Å². The lowest BCUT2D eigenvalue weighted by molar-refractivity contribution is 0.526. The highest BCUT2D eigenvalue weighted by molar-refractivity contribution is 6.30. The number of aromatic nitrogens is 2. The third kappa shape index (κ3) is 3.55. The van der Waals surface area contributed by atoms with Crippen LogP contribution in [-0.2, 0) is 13.5 Å². The predicted molar refractivity (Wildman–Crippen MR) is 74.7 cm³/mol. The molecule has 0 bridgehead atoms. The average Bonchev–Trinajstić information content (AvgIpc) is 2.80. The number of hydrogen-bond acceptors (Lipinski definition) is 2. The van der Waals surface area contributed by atoms with Crippen LogP contribution in [-0.4, -0.2) is 16.3 Å². The number of hydrogen-bond donors (Lipinski definition) is 1. The Morgan fingerprint density at radius 2 is 2.21 bits per heavy atom. The molecule has 2 rings (SSSR count). The summed E-state index contributed by atoms with van der Waals surface area (Å²) >= 11 is 5.69. The van der Waals surface area contributed by atoms with Crippen molar-refractivity contribution in [2.75, 3.05) is 6.54 Å². The minimum Gasteiger partial charge on any atom is -0.309 e. The number of nitrogens with zero attached hydrogens (tertiary/aromatic N) is 2. The molecule has 1 heterocycles. The van der Waals surface area contributed by atoms with Crippen LogP contribution in [0.25, 0.3) is 0 Å². The Labute approximate surface area is 117 Å². The molecular weight excluding hydrogens is 265 g/mol. The Morgan fingerprint density at radius 1 is 1.42 bits per heavy atom. The van der Waals surface area contributed by atoms with Gasteiger partial charge >= 0.3 is 0 Å². The summed E-state index contributed by atoms with van der Waals surface area (Å²) in [4.78, 5) is 0. The molecule has 102 valence electrons. The minimum absolute atomic E-state index is 0.0757. The molecule has 0 saturated carbocycles. The smallest absolute Gasteiger partial charge is 0.142 e. The summed E-state index contributed by atoms with van der Waals surface area (Å²) in [5, 5.41) is 7.92. The van der Waals surface area contributed by atoms with E-state index in [4.69, 9.17) is 11.6 Å². The zero-order chi connectivity index (χ0) is 13.8. The maximum atomic E-state index is 13.4. The van der Waals surface area contributed by atoms with E-state index in [1.54, 1.807) is 10.7 Å². The van der Waals surface area contributed by atoms with Crippen LogP contribution in [0.2, 0.25) is 5.02 Å². The summed E-state index contributed by atoms with van der Waals surface area (Å²) in [5.74, 6) is -0.379. The van der Waals surface area contributed by atoms with E-state index < -0.39 is 0 Å². The molecule has 1 aromatic carbocycles. The van der Waals surface area contributed by atoms with Gasteiger partial charge in [-0.1, -0.05) is 24.6 Å². The molecule has 3 nitrogen and oxygen atoms in total. The van der Waals surface area contributed by atoms with Gasteiger partial charge in [0.2, 0.25) is 0 Å². The van der Waals surface area contributed by atoms with E-state index in [0.717, 1.165) is 17.8 Å². The number of rotatable bonds is 5. The Balaban J connectivity index is 2.18. The normalized spacial score (nSPS) is 12.6. The monoisotopic (exact) mass is 281 g/mol. The highest BCUT2D eigenvalue weighted by Crippen LogP contribution is 2.20. The Kier molecular flexibility index (Phi) is 4.56. The lowest BCUT2D eigenvalue weighted by Gasteiger charge is -2.16. The quantitative estimate of drug-likeness (QED) is 0.913. The maximum absolute atomic E-state index is 13.4. The fourth-order valence-corrected chi connectivity index (χ4v) is 2.17. The van der Waals surface area contributed by atoms with Crippen LogP contribution in [0, 0.1) is 5.82 Å². The predicted octanol–water partition coefficient (Wildman–Crippen LogP) is 3.11. The van der Waals surface area contributed by atoms with E-state index >= 15 is 0 Å². The first kappa shape index (κ1) is 14.0. The number of likely N-dealkylation sites (N-methyl/N-ethyl adjacent to an activating group) is 1. The summed E-state index contributed by atoms with van der Waals surface area (Å²) in [7, 11) is 1.88. The van der Waals surface area contributed by atoms with Crippen molar-refractivity contribution in [3.63, 3.8) is 0 Å². The van der Waals surface area contributed by atoms with E-state index in [2.05, 4.69) is 10.4 Å². The van der Waals surface area contributed by atoms with Gasteiger partial charge in [-0.25, -0.2) is 4.39 Å².